The third-order valence-electron chi connectivity index (χ3n) is 5.78. The molecule has 1 aliphatic carbocycles. The Bertz CT molecular complexity index is 1090. The SMILES string of the molecule is CC1(C)C(/C=C/C2=C([Se])C(=C\c3ccc(OC=O)cc3)/CCC2)=Nc2ccccc21. The molecule has 30 heavy (non-hydrogen) atoms. The summed E-state index contributed by atoms with van der Waals surface area (Å²) in [5, 5.41) is 0. The van der Waals surface area contributed by atoms with E-state index in [1.807, 2.05) is 30.3 Å². The zero-order chi connectivity index (χ0) is 21.1. The predicted molar refractivity (Wildman–Crippen MR) is 123 cm³/mol. The number of aliphatic imine (C=N–C) groups is 1. The van der Waals surface area contributed by atoms with Gasteiger partial charge in [-0.2, -0.15) is 0 Å². The molecule has 1 heterocycles. The molecule has 0 amide bonds. The fourth-order valence-electron chi connectivity index (χ4n) is 4.03. The van der Waals surface area contributed by atoms with Crippen LogP contribution in [0.4, 0.5) is 5.69 Å². The summed E-state index contributed by atoms with van der Waals surface area (Å²) >= 11 is 3.29. The average Bonchev–Trinajstić information content (AvgIpc) is 3.00. The topological polar surface area (TPSA) is 38.7 Å². The van der Waals surface area contributed by atoms with Gasteiger partial charge in [0.2, 0.25) is 0 Å². The molecule has 2 aromatic carbocycles. The summed E-state index contributed by atoms with van der Waals surface area (Å²) in [6.07, 6.45) is 9.84. The van der Waals surface area contributed by atoms with Gasteiger partial charge in [-0.25, -0.2) is 0 Å². The molecule has 0 saturated carbocycles. The minimum atomic E-state index is -0.0794. The third kappa shape index (κ3) is 4.12. The van der Waals surface area contributed by atoms with Crippen molar-refractivity contribution in [3.63, 3.8) is 0 Å². The van der Waals surface area contributed by atoms with Gasteiger partial charge in [0, 0.05) is 0 Å². The average molecular weight is 461 g/mol. The van der Waals surface area contributed by atoms with Crippen LogP contribution >= 0.6 is 0 Å². The van der Waals surface area contributed by atoms with Gasteiger partial charge in [0.15, 0.2) is 0 Å². The first-order chi connectivity index (χ1) is 14.5. The van der Waals surface area contributed by atoms with Crippen LogP contribution in [0, 0.1) is 0 Å². The van der Waals surface area contributed by atoms with E-state index in [9.17, 15) is 4.79 Å². The third-order valence-corrected chi connectivity index (χ3v) is 6.88. The number of allylic oxidation sites excluding steroid dienone is 5. The van der Waals surface area contributed by atoms with Crippen molar-refractivity contribution in [2.45, 2.75) is 38.5 Å². The molecule has 151 valence electrons. The van der Waals surface area contributed by atoms with E-state index >= 15 is 0 Å². The van der Waals surface area contributed by atoms with Crippen LogP contribution in [0.3, 0.4) is 0 Å². The maximum atomic E-state index is 10.5. The Hall–Kier alpha value is -2.68. The molecule has 0 spiro atoms. The van der Waals surface area contributed by atoms with Gasteiger partial charge in [-0.1, -0.05) is 0 Å². The summed E-state index contributed by atoms with van der Waals surface area (Å²) in [6, 6.07) is 15.9. The van der Waals surface area contributed by atoms with Gasteiger partial charge >= 0.3 is 186 Å². The van der Waals surface area contributed by atoms with Crippen molar-refractivity contribution in [2.75, 3.05) is 0 Å². The van der Waals surface area contributed by atoms with E-state index in [0.717, 1.165) is 36.2 Å². The molecule has 0 aromatic heterocycles. The second-order valence-corrected chi connectivity index (χ2v) is 8.99. The van der Waals surface area contributed by atoms with Crippen LogP contribution in [0.25, 0.3) is 6.08 Å². The van der Waals surface area contributed by atoms with Crippen LogP contribution in [-0.4, -0.2) is 28.2 Å². The van der Waals surface area contributed by atoms with Crippen LogP contribution in [0.15, 0.2) is 81.3 Å². The van der Waals surface area contributed by atoms with Gasteiger partial charge in [-0.3, -0.25) is 0 Å². The quantitative estimate of drug-likeness (QED) is 0.415. The zero-order valence-electron chi connectivity index (χ0n) is 17.2. The van der Waals surface area contributed by atoms with E-state index in [2.05, 4.69) is 66.3 Å². The number of fused-ring (bicyclic) bond motifs is 1. The maximum absolute atomic E-state index is 10.5. The Kier molecular flexibility index (Phi) is 5.89. The first-order valence-corrected chi connectivity index (χ1v) is 11.0. The van der Waals surface area contributed by atoms with Crippen molar-refractivity contribution in [2.24, 2.45) is 4.99 Å². The number of carbonyl (C=O) groups is 1. The van der Waals surface area contributed by atoms with Gasteiger partial charge in [0.25, 0.3) is 0 Å². The number of hydrogen-bond donors (Lipinski definition) is 0. The van der Waals surface area contributed by atoms with Crippen molar-refractivity contribution >= 4 is 40.0 Å². The number of hydrogen-bond acceptors (Lipinski definition) is 3. The van der Waals surface area contributed by atoms with E-state index in [4.69, 9.17) is 9.73 Å². The fourth-order valence-corrected chi connectivity index (χ4v) is 4.73. The molecule has 2 aromatic rings. The molecular formula is C26H24NO2Se. The molecule has 3 nitrogen and oxygen atoms in total. The molecule has 0 atom stereocenters. The summed E-state index contributed by atoms with van der Waals surface area (Å²) in [6.45, 7) is 4.92. The van der Waals surface area contributed by atoms with Crippen molar-refractivity contribution in [3.05, 3.63) is 87.4 Å². The van der Waals surface area contributed by atoms with Crippen molar-refractivity contribution in [1.29, 1.82) is 0 Å². The molecule has 0 unspecified atom stereocenters. The predicted octanol–water partition coefficient (Wildman–Crippen LogP) is 5.83. The first-order valence-electron chi connectivity index (χ1n) is 10.2. The monoisotopic (exact) mass is 462 g/mol. The molecule has 4 rings (SSSR count). The summed E-state index contributed by atoms with van der Waals surface area (Å²) in [4.78, 5) is 15.3. The van der Waals surface area contributed by atoms with Gasteiger partial charge < -0.3 is 0 Å². The normalized spacial score (nSPS) is 19.1. The summed E-state index contributed by atoms with van der Waals surface area (Å²) in [5.74, 6) is 0.555. The molecule has 0 N–H and O–H groups in total. The van der Waals surface area contributed by atoms with Gasteiger partial charge in [0.1, 0.15) is 0 Å². The number of nitrogens with zero attached hydrogens (tertiary/aromatic N) is 1. The summed E-state index contributed by atoms with van der Waals surface area (Å²) < 4.78 is 6.09. The van der Waals surface area contributed by atoms with E-state index in [1.54, 1.807) is 0 Å². The Morgan fingerprint density at radius 1 is 1.03 bits per heavy atom. The Morgan fingerprint density at radius 3 is 2.53 bits per heavy atom. The second-order valence-electron chi connectivity index (χ2n) is 8.13. The van der Waals surface area contributed by atoms with Crippen molar-refractivity contribution in [1.82, 2.24) is 0 Å². The molecule has 0 bridgehead atoms. The fraction of sp³-hybridized carbons (Fsp3) is 0.231. The van der Waals surface area contributed by atoms with Crippen LogP contribution in [0.5, 0.6) is 5.75 Å². The number of para-hydroxylation sites is 1. The van der Waals surface area contributed by atoms with Gasteiger partial charge in [0.05, 0.1) is 0 Å². The molecule has 0 fully saturated rings. The van der Waals surface area contributed by atoms with Gasteiger partial charge in [-0.05, 0) is 0 Å². The number of carbonyl (C=O) groups excluding carboxylic acids is 1. The summed E-state index contributed by atoms with van der Waals surface area (Å²) in [5.41, 5.74) is 7.11. The molecule has 1 radical (unpaired) electrons. The minimum absolute atomic E-state index is 0.0794. The van der Waals surface area contributed by atoms with E-state index in [-0.39, 0.29) is 5.41 Å². The molecule has 0 saturated heterocycles. The van der Waals surface area contributed by atoms with Crippen LogP contribution in [0.2, 0.25) is 0 Å². The second kappa shape index (κ2) is 8.59. The van der Waals surface area contributed by atoms with Gasteiger partial charge in [-0.15, -0.1) is 0 Å². The number of ether oxygens (including phenoxy) is 1. The van der Waals surface area contributed by atoms with Crippen LogP contribution in [-0.2, 0) is 10.2 Å². The molecule has 1 aliphatic heterocycles. The number of rotatable bonds is 5. The zero-order valence-corrected chi connectivity index (χ0v) is 18.9. The van der Waals surface area contributed by atoms with Crippen LogP contribution < -0.4 is 4.74 Å². The molecular weight excluding hydrogens is 437 g/mol. The molecule has 2 aliphatic rings. The van der Waals surface area contributed by atoms with Crippen molar-refractivity contribution < 1.29 is 9.53 Å². The Labute approximate surface area is 186 Å². The van der Waals surface area contributed by atoms with E-state index in [0.29, 0.717) is 12.2 Å². The molecule has 4 heteroatoms. The van der Waals surface area contributed by atoms with E-state index in [1.165, 1.54) is 21.2 Å². The number of benzene rings is 2. The summed E-state index contributed by atoms with van der Waals surface area (Å²) in [7, 11) is 0. The standard InChI is InChI=1S/C26H24NO2Se/c1-26(2)22-8-3-4-9-23(22)27-24(26)15-12-19-6-5-7-20(25(19)30)16-18-10-13-21(14-11-18)29-17-28/h3-4,8-17H,5-7H2,1-2H3/b15-12+,20-16-. The van der Waals surface area contributed by atoms with Crippen LogP contribution in [0.1, 0.15) is 44.2 Å². The Morgan fingerprint density at radius 2 is 1.80 bits per heavy atom. The first kappa shape index (κ1) is 20.6. The van der Waals surface area contributed by atoms with E-state index < -0.39 is 0 Å². The Balaban J connectivity index is 1.58. The van der Waals surface area contributed by atoms with Crippen molar-refractivity contribution in [3.8, 4) is 5.75 Å².